The molecule has 0 aromatic carbocycles. The highest BCUT2D eigenvalue weighted by Crippen LogP contribution is 2.26. The van der Waals surface area contributed by atoms with E-state index in [0.29, 0.717) is 0 Å². The van der Waals surface area contributed by atoms with Crippen LogP contribution in [-0.2, 0) is 19.4 Å². The summed E-state index contributed by atoms with van der Waals surface area (Å²) in [6, 6.07) is 0. The van der Waals surface area contributed by atoms with Crippen LogP contribution in [0, 0.1) is 5.92 Å². The van der Waals surface area contributed by atoms with Crippen LogP contribution in [0.25, 0.3) is 0 Å². The fourth-order valence-electron chi connectivity index (χ4n) is 2.62. The zero-order valence-corrected chi connectivity index (χ0v) is 13.2. The van der Waals surface area contributed by atoms with E-state index < -0.39 is 0 Å². The first-order valence-corrected chi connectivity index (χ1v) is 7.81. The summed E-state index contributed by atoms with van der Waals surface area (Å²) < 4.78 is 2.13. The molecular weight excluding hydrogens is 236 g/mol. The van der Waals surface area contributed by atoms with E-state index in [0.717, 1.165) is 49.4 Å². The van der Waals surface area contributed by atoms with Crippen LogP contribution in [0.2, 0.25) is 0 Å². The van der Waals surface area contributed by atoms with E-state index in [1.807, 2.05) is 6.92 Å². The van der Waals surface area contributed by atoms with Gasteiger partial charge in [0.1, 0.15) is 0 Å². The highest BCUT2D eigenvalue weighted by Gasteiger charge is 2.20. The van der Waals surface area contributed by atoms with E-state index in [4.69, 9.17) is 5.10 Å². The molecule has 1 aromatic heterocycles. The predicted molar refractivity (Wildman–Crippen MR) is 80.3 cm³/mol. The van der Waals surface area contributed by atoms with Crippen molar-refractivity contribution in [2.24, 2.45) is 5.92 Å². The van der Waals surface area contributed by atoms with Crippen molar-refractivity contribution in [2.75, 3.05) is 0 Å². The molecule has 0 radical (unpaired) electrons. The Morgan fingerprint density at radius 3 is 2.32 bits per heavy atom. The lowest BCUT2D eigenvalue weighted by Gasteiger charge is -2.12. The Balaban J connectivity index is 2.95. The molecule has 3 heteroatoms. The molecule has 1 rings (SSSR count). The molecule has 1 atom stereocenters. The van der Waals surface area contributed by atoms with E-state index in [2.05, 4.69) is 32.4 Å². The Morgan fingerprint density at radius 2 is 1.84 bits per heavy atom. The van der Waals surface area contributed by atoms with Crippen molar-refractivity contribution >= 4 is 0 Å². The summed E-state index contributed by atoms with van der Waals surface area (Å²) in [6.07, 6.45) is 4.64. The second kappa shape index (κ2) is 7.68. The number of aryl methyl sites for hydroxylation is 2. The van der Waals surface area contributed by atoms with Gasteiger partial charge in [0.25, 0.3) is 0 Å². The molecule has 1 unspecified atom stereocenters. The van der Waals surface area contributed by atoms with Crippen LogP contribution in [0.15, 0.2) is 0 Å². The number of aromatic nitrogens is 2. The second-order valence-corrected chi connectivity index (χ2v) is 5.70. The quantitative estimate of drug-likeness (QED) is 0.775. The van der Waals surface area contributed by atoms with Gasteiger partial charge in [0, 0.05) is 17.8 Å². The van der Waals surface area contributed by atoms with Gasteiger partial charge in [-0.05, 0) is 38.0 Å². The van der Waals surface area contributed by atoms with E-state index >= 15 is 0 Å². The second-order valence-electron chi connectivity index (χ2n) is 5.70. The zero-order chi connectivity index (χ0) is 14.4. The van der Waals surface area contributed by atoms with Gasteiger partial charge < -0.3 is 5.11 Å². The largest absolute Gasteiger partial charge is 0.388 e. The lowest BCUT2D eigenvalue weighted by molar-refractivity contribution is 0.171. The number of rotatable bonds is 8. The molecule has 0 aliphatic rings. The summed E-state index contributed by atoms with van der Waals surface area (Å²) >= 11 is 0. The van der Waals surface area contributed by atoms with Crippen molar-refractivity contribution in [1.29, 1.82) is 0 Å². The smallest absolute Gasteiger partial charge is 0.0823 e. The molecule has 0 fully saturated rings. The van der Waals surface area contributed by atoms with Crippen molar-refractivity contribution in [3.05, 3.63) is 17.0 Å². The molecule has 0 amide bonds. The first kappa shape index (κ1) is 16.2. The van der Waals surface area contributed by atoms with Gasteiger partial charge in [-0.1, -0.05) is 34.6 Å². The Kier molecular flexibility index (Phi) is 6.56. The van der Waals surface area contributed by atoms with Gasteiger partial charge in [-0.15, -0.1) is 0 Å². The average Bonchev–Trinajstić information content (AvgIpc) is 2.75. The summed E-state index contributed by atoms with van der Waals surface area (Å²) in [7, 11) is 0. The minimum Gasteiger partial charge on any atom is -0.388 e. The van der Waals surface area contributed by atoms with Gasteiger partial charge in [-0.25, -0.2) is 0 Å². The van der Waals surface area contributed by atoms with Gasteiger partial charge in [-0.3, -0.25) is 4.68 Å². The van der Waals surface area contributed by atoms with Gasteiger partial charge in [0.2, 0.25) is 0 Å². The van der Waals surface area contributed by atoms with E-state index in [1.165, 1.54) is 12.1 Å². The van der Waals surface area contributed by atoms with Gasteiger partial charge >= 0.3 is 0 Å². The number of aliphatic hydroxyl groups excluding tert-OH is 1. The van der Waals surface area contributed by atoms with Crippen LogP contribution in [0.5, 0.6) is 0 Å². The fraction of sp³-hybridized carbons (Fsp3) is 0.812. The molecule has 0 bridgehead atoms. The fourth-order valence-corrected chi connectivity index (χ4v) is 2.62. The van der Waals surface area contributed by atoms with Crippen LogP contribution < -0.4 is 0 Å². The monoisotopic (exact) mass is 266 g/mol. The molecule has 0 aliphatic carbocycles. The number of hydrogen-bond acceptors (Lipinski definition) is 2. The highest BCUT2D eigenvalue weighted by molar-refractivity contribution is 5.29. The van der Waals surface area contributed by atoms with Crippen LogP contribution in [0.3, 0.4) is 0 Å². The average molecular weight is 266 g/mol. The number of nitrogens with zero attached hydrogens (tertiary/aromatic N) is 2. The third-order valence-corrected chi connectivity index (χ3v) is 3.72. The molecule has 1 aromatic rings. The maximum Gasteiger partial charge on any atom is 0.0823 e. The van der Waals surface area contributed by atoms with E-state index in [9.17, 15) is 5.11 Å². The van der Waals surface area contributed by atoms with Crippen LogP contribution in [0.1, 0.15) is 76.9 Å². The van der Waals surface area contributed by atoms with Crippen LogP contribution in [0.4, 0.5) is 0 Å². The molecule has 3 nitrogen and oxygen atoms in total. The summed E-state index contributed by atoms with van der Waals surface area (Å²) in [5.41, 5.74) is 3.41. The van der Waals surface area contributed by atoms with Crippen molar-refractivity contribution in [3.63, 3.8) is 0 Å². The Hall–Kier alpha value is -0.830. The lowest BCUT2D eigenvalue weighted by atomic mass is 10.0. The number of aliphatic hydroxyl groups is 1. The topological polar surface area (TPSA) is 38.0 Å². The van der Waals surface area contributed by atoms with Crippen molar-refractivity contribution in [3.8, 4) is 0 Å². The minimum absolute atomic E-state index is 0.358. The molecule has 1 heterocycles. The zero-order valence-electron chi connectivity index (χ0n) is 13.2. The Labute approximate surface area is 118 Å². The third-order valence-electron chi connectivity index (χ3n) is 3.72. The van der Waals surface area contributed by atoms with Gasteiger partial charge in [0.15, 0.2) is 0 Å². The third kappa shape index (κ3) is 4.07. The van der Waals surface area contributed by atoms with Gasteiger partial charge in [-0.2, -0.15) is 5.10 Å². The maximum absolute atomic E-state index is 10.2. The summed E-state index contributed by atoms with van der Waals surface area (Å²) in [5, 5.41) is 14.9. The van der Waals surface area contributed by atoms with E-state index in [1.54, 1.807) is 0 Å². The maximum atomic E-state index is 10.2. The van der Waals surface area contributed by atoms with Gasteiger partial charge in [0.05, 0.1) is 11.8 Å². The molecule has 19 heavy (non-hydrogen) atoms. The van der Waals surface area contributed by atoms with Crippen LogP contribution >= 0.6 is 0 Å². The predicted octanol–water partition coefficient (Wildman–Crippen LogP) is 3.89. The highest BCUT2D eigenvalue weighted by atomic mass is 16.3. The molecule has 0 spiro atoms. The normalized spacial score (nSPS) is 13.2. The minimum atomic E-state index is -0.358. The Bertz CT molecular complexity index is 382. The van der Waals surface area contributed by atoms with Crippen LogP contribution in [-0.4, -0.2) is 14.9 Å². The first-order valence-electron chi connectivity index (χ1n) is 7.81. The number of hydrogen-bond donors (Lipinski definition) is 1. The molecule has 0 aliphatic heterocycles. The van der Waals surface area contributed by atoms with Crippen molar-refractivity contribution in [2.45, 2.75) is 79.4 Å². The first-order chi connectivity index (χ1) is 9.04. The standard InChI is InChI=1S/C16H30N2O/c1-6-13-16(15(19)8-3)14(7-2)18(17-13)11-9-10-12(4)5/h12,15,19H,6-11H2,1-5H3. The molecular formula is C16H30N2O. The molecule has 0 saturated heterocycles. The summed E-state index contributed by atoms with van der Waals surface area (Å²) in [4.78, 5) is 0. The van der Waals surface area contributed by atoms with Crippen molar-refractivity contribution in [1.82, 2.24) is 9.78 Å². The Morgan fingerprint density at radius 1 is 1.16 bits per heavy atom. The van der Waals surface area contributed by atoms with Crippen molar-refractivity contribution < 1.29 is 5.11 Å². The summed E-state index contributed by atoms with van der Waals surface area (Å²) in [6.45, 7) is 11.8. The SMILES string of the molecule is CCc1nn(CCCC(C)C)c(CC)c1C(O)CC. The summed E-state index contributed by atoms with van der Waals surface area (Å²) in [5.74, 6) is 0.743. The van der Waals surface area contributed by atoms with E-state index in [-0.39, 0.29) is 6.10 Å². The molecule has 1 N–H and O–H groups in total. The lowest BCUT2D eigenvalue weighted by Crippen LogP contribution is -2.07. The molecule has 110 valence electrons. The molecule has 0 saturated carbocycles.